The van der Waals surface area contributed by atoms with Gasteiger partial charge in [0.25, 0.3) is 0 Å². The maximum absolute atomic E-state index is 12.9. The van der Waals surface area contributed by atoms with Gasteiger partial charge in [-0.1, -0.05) is 41.6 Å². The molecule has 1 saturated heterocycles. The Balaban J connectivity index is 1.90. The Hall–Kier alpha value is -0.320. The Morgan fingerprint density at radius 1 is 1.41 bits per heavy atom. The third-order valence-electron chi connectivity index (χ3n) is 2.73. The highest BCUT2D eigenvalue weighted by atomic mass is 35.5. The van der Waals surface area contributed by atoms with Crippen molar-refractivity contribution in [1.29, 1.82) is 0 Å². The third-order valence-corrected chi connectivity index (χ3v) is 4.65. The van der Waals surface area contributed by atoms with Gasteiger partial charge in [-0.2, -0.15) is 0 Å². The normalized spacial score (nSPS) is 15.3. The molecule has 17 heavy (non-hydrogen) atoms. The molecule has 0 spiro atoms. The maximum atomic E-state index is 12.9. The number of thiocarbonyl (C=S) groups is 1. The van der Waals surface area contributed by atoms with E-state index in [0.717, 1.165) is 23.0 Å². The van der Waals surface area contributed by atoms with Gasteiger partial charge in [0.2, 0.25) is 0 Å². The van der Waals surface area contributed by atoms with Gasteiger partial charge in [-0.3, -0.25) is 0 Å². The minimum Gasteiger partial charge on any atom is -0.358 e. The van der Waals surface area contributed by atoms with Crippen molar-refractivity contribution in [2.24, 2.45) is 0 Å². The standard InChI is InChI=1S/C12H13ClFNS2/c13-11-7-10(14)4-3-9(11)8-17-12(16)15-5-1-2-6-15/h3-4,7H,1-2,5-6,8H2. The SMILES string of the molecule is Fc1ccc(CSC(=S)N2CCCC2)c(Cl)c1. The van der Waals surface area contributed by atoms with Crippen LogP contribution in [-0.4, -0.2) is 22.3 Å². The summed E-state index contributed by atoms with van der Waals surface area (Å²) in [6.07, 6.45) is 2.44. The van der Waals surface area contributed by atoms with Crippen LogP contribution < -0.4 is 0 Å². The molecule has 1 heterocycles. The number of hydrogen-bond donors (Lipinski definition) is 0. The highest BCUT2D eigenvalue weighted by molar-refractivity contribution is 8.22. The molecule has 1 aliphatic rings. The molecule has 0 bridgehead atoms. The highest BCUT2D eigenvalue weighted by Gasteiger charge is 2.15. The van der Waals surface area contributed by atoms with E-state index in [0.29, 0.717) is 10.8 Å². The van der Waals surface area contributed by atoms with E-state index in [-0.39, 0.29) is 5.82 Å². The smallest absolute Gasteiger partial charge is 0.136 e. The van der Waals surface area contributed by atoms with E-state index in [2.05, 4.69) is 4.90 Å². The minimum absolute atomic E-state index is 0.300. The summed E-state index contributed by atoms with van der Waals surface area (Å²) in [6, 6.07) is 4.49. The van der Waals surface area contributed by atoms with Crippen molar-refractivity contribution < 1.29 is 4.39 Å². The molecule has 1 aromatic carbocycles. The van der Waals surface area contributed by atoms with E-state index in [9.17, 15) is 4.39 Å². The molecular formula is C12H13ClFNS2. The molecule has 0 saturated carbocycles. The lowest BCUT2D eigenvalue weighted by Gasteiger charge is -2.17. The zero-order valence-electron chi connectivity index (χ0n) is 9.29. The summed E-state index contributed by atoms with van der Waals surface area (Å²) in [5.74, 6) is 0.403. The van der Waals surface area contributed by atoms with Gasteiger partial charge in [0.1, 0.15) is 10.1 Å². The summed E-state index contributed by atoms with van der Waals surface area (Å²) < 4.78 is 13.8. The number of benzene rings is 1. The Labute approximate surface area is 115 Å². The van der Waals surface area contributed by atoms with Crippen molar-refractivity contribution in [1.82, 2.24) is 4.90 Å². The van der Waals surface area contributed by atoms with E-state index in [1.807, 2.05) is 0 Å². The maximum Gasteiger partial charge on any atom is 0.136 e. The Morgan fingerprint density at radius 2 is 2.12 bits per heavy atom. The summed E-state index contributed by atoms with van der Waals surface area (Å²) in [4.78, 5) is 2.22. The number of halogens is 2. The van der Waals surface area contributed by atoms with Crippen LogP contribution in [0.2, 0.25) is 5.02 Å². The zero-order chi connectivity index (χ0) is 12.3. The molecule has 0 atom stereocenters. The van der Waals surface area contributed by atoms with Gasteiger partial charge in [-0.15, -0.1) is 0 Å². The predicted octanol–water partition coefficient (Wildman–Crippen LogP) is 4.09. The fourth-order valence-corrected chi connectivity index (χ4v) is 3.34. The van der Waals surface area contributed by atoms with Crippen molar-refractivity contribution in [3.05, 3.63) is 34.6 Å². The summed E-state index contributed by atoms with van der Waals surface area (Å²) in [5, 5.41) is 0.474. The summed E-state index contributed by atoms with van der Waals surface area (Å²) >= 11 is 12.9. The van der Waals surface area contributed by atoms with Crippen LogP contribution in [0.3, 0.4) is 0 Å². The molecule has 1 fully saturated rings. The largest absolute Gasteiger partial charge is 0.358 e. The average Bonchev–Trinajstić information content (AvgIpc) is 2.81. The molecule has 1 aliphatic heterocycles. The predicted molar refractivity (Wildman–Crippen MR) is 76.1 cm³/mol. The third kappa shape index (κ3) is 3.57. The number of nitrogens with zero attached hydrogens (tertiary/aromatic N) is 1. The molecule has 1 aromatic rings. The van der Waals surface area contributed by atoms with Crippen LogP contribution in [0, 0.1) is 5.82 Å². The second-order valence-electron chi connectivity index (χ2n) is 3.98. The van der Waals surface area contributed by atoms with Crippen LogP contribution in [0.5, 0.6) is 0 Å². The molecule has 0 aliphatic carbocycles. The Kier molecular flexibility index (Phi) is 4.65. The first-order valence-electron chi connectivity index (χ1n) is 5.52. The van der Waals surface area contributed by atoms with Gasteiger partial charge >= 0.3 is 0 Å². The van der Waals surface area contributed by atoms with Crippen molar-refractivity contribution in [3.8, 4) is 0 Å². The van der Waals surface area contributed by atoms with Gasteiger partial charge < -0.3 is 4.90 Å². The van der Waals surface area contributed by atoms with Crippen LogP contribution >= 0.6 is 35.6 Å². The molecule has 1 nitrogen and oxygen atoms in total. The van der Waals surface area contributed by atoms with Crippen LogP contribution in [0.1, 0.15) is 18.4 Å². The Morgan fingerprint density at radius 3 is 2.76 bits per heavy atom. The quantitative estimate of drug-likeness (QED) is 0.755. The number of likely N-dealkylation sites (tertiary alicyclic amines) is 1. The Bertz CT molecular complexity index is 419. The van der Waals surface area contributed by atoms with Crippen molar-refractivity contribution in [2.75, 3.05) is 13.1 Å². The monoisotopic (exact) mass is 289 g/mol. The van der Waals surface area contributed by atoms with Crippen molar-refractivity contribution in [3.63, 3.8) is 0 Å². The molecule has 0 amide bonds. The molecule has 0 unspecified atom stereocenters. The minimum atomic E-state index is -0.300. The molecule has 5 heteroatoms. The lowest BCUT2D eigenvalue weighted by Crippen LogP contribution is -2.23. The van der Waals surface area contributed by atoms with Crippen molar-refractivity contribution in [2.45, 2.75) is 18.6 Å². The van der Waals surface area contributed by atoms with Crippen LogP contribution in [-0.2, 0) is 5.75 Å². The summed E-state index contributed by atoms with van der Waals surface area (Å²) in [6.45, 7) is 2.12. The van der Waals surface area contributed by atoms with Gasteiger partial charge in [-0.25, -0.2) is 4.39 Å². The fourth-order valence-electron chi connectivity index (χ4n) is 1.77. The zero-order valence-corrected chi connectivity index (χ0v) is 11.7. The first-order chi connectivity index (χ1) is 8.16. The second-order valence-corrected chi connectivity index (χ2v) is 6.00. The van der Waals surface area contributed by atoms with Gasteiger partial charge in [-0.05, 0) is 30.5 Å². The topological polar surface area (TPSA) is 3.24 Å². The molecule has 0 aromatic heterocycles. The average molecular weight is 290 g/mol. The molecular weight excluding hydrogens is 277 g/mol. The van der Waals surface area contributed by atoms with E-state index >= 15 is 0 Å². The van der Waals surface area contributed by atoms with Crippen LogP contribution in [0.4, 0.5) is 4.39 Å². The van der Waals surface area contributed by atoms with Gasteiger partial charge in [0.15, 0.2) is 0 Å². The van der Waals surface area contributed by atoms with E-state index < -0.39 is 0 Å². The summed E-state index contributed by atoms with van der Waals surface area (Å²) in [7, 11) is 0. The molecule has 0 N–H and O–H groups in total. The number of hydrogen-bond acceptors (Lipinski definition) is 2. The first-order valence-corrected chi connectivity index (χ1v) is 7.29. The lowest BCUT2D eigenvalue weighted by molar-refractivity contribution is 0.539. The van der Waals surface area contributed by atoms with Crippen LogP contribution in [0.15, 0.2) is 18.2 Å². The molecule has 92 valence electrons. The first kappa shape index (κ1) is 13.1. The lowest BCUT2D eigenvalue weighted by atomic mass is 10.2. The van der Waals surface area contributed by atoms with Gasteiger partial charge in [0.05, 0.1) is 0 Å². The van der Waals surface area contributed by atoms with Crippen molar-refractivity contribution >= 4 is 39.9 Å². The molecule has 0 radical (unpaired) electrons. The van der Waals surface area contributed by atoms with E-state index in [1.165, 1.54) is 25.0 Å². The second kappa shape index (κ2) is 6.03. The highest BCUT2D eigenvalue weighted by Crippen LogP contribution is 2.25. The van der Waals surface area contributed by atoms with Gasteiger partial charge in [0, 0.05) is 23.9 Å². The fraction of sp³-hybridized carbons (Fsp3) is 0.417. The molecule has 2 rings (SSSR count). The van der Waals surface area contributed by atoms with E-state index in [1.54, 1.807) is 17.8 Å². The number of thioether (sulfide) groups is 1. The number of rotatable bonds is 2. The van der Waals surface area contributed by atoms with E-state index in [4.69, 9.17) is 23.8 Å². The summed E-state index contributed by atoms with van der Waals surface area (Å²) in [5.41, 5.74) is 0.930. The van der Waals surface area contributed by atoms with Crippen LogP contribution in [0.25, 0.3) is 0 Å².